The predicted molar refractivity (Wildman–Crippen MR) is 149 cm³/mol. The minimum atomic E-state index is -0.00879. The Morgan fingerprint density at radius 2 is 1.40 bits per heavy atom. The van der Waals surface area contributed by atoms with Crippen LogP contribution in [0, 0.1) is 0 Å². The molecule has 0 amide bonds. The molecule has 2 aromatic heterocycles. The standard InChI is InChI=1S/C30H33N3O2/c1-4-7-15-32(16-8-5-2)20-13-14-22-27(17-20)33(6-3)28-19-23-26(18-24(28)30(22)35)31-25-12-10-9-11-21(25)29(23)34/h9-14,17-19H,4-8,15-16H2,1-3H3,(H,31,34). The number of benzene rings is 3. The minimum absolute atomic E-state index is 0.00879. The van der Waals surface area contributed by atoms with Gasteiger partial charge in [-0.1, -0.05) is 38.8 Å². The molecule has 0 saturated carbocycles. The molecule has 5 heteroatoms. The first-order valence-electron chi connectivity index (χ1n) is 12.9. The van der Waals surface area contributed by atoms with E-state index in [1.54, 1.807) is 0 Å². The van der Waals surface area contributed by atoms with Crippen LogP contribution >= 0.6 is 0 Å². The first-order chi connectivity index (χ1) is 17.1. The Labute approximate surface area is 205 Å². The van der Waals surface area contributed by atoms with Crippen LogP contribution in [-0.4, -0.2) is 22.6 Å². The molecule has 1 N–H and O–H groups in total. The highest BCUT2D eigenvalue weighted by atomic mass is 16.1. The molecule has 5 rings (SSSR count). The molecule has 180 valence electrons. The summed E-state index contributed by atoms with van der Waals surface area (Å²) in [6, 6.07) is 17.5. The molecule has 0 bridgehead atoms. The number of nitrogens with one attached hydrogen (secondary N) is 1. The molecule has 0 atom stereocenters. The number of nitrogens with zero attached hydrogens (tertiary/aromatic N) is 2. The number of aromatic nitrogens is 2. The van der Waals surface area contributed by atoms with E-state index >= 15 is 0 Å². The number of rotatable bonds is 8. The van der Waals surface area contributed by atoms with Gasteiger partial charge in [0.2, 0.25) is 0 Å². The third kappa shape index (κ3) is 3.99. The van der Waals surface area contributed by atoms with Crippen molar-refractivity contribution in [1.29, 1.82) is 0 Å². The van der Waals surface area contributed by atoms with E-state index in [0.717, 1.165) is 66.4 Å². The summed E-state index contributed by atoms with van der Waals surface area (Å²) < 4.78 is 2.18. The lowest BCUT2D eigenvalue weighted by Crippen LogP contribution is -2.25. The lowest BCUT2D eigenvalue weighted by molar-refractivity contribution is 0.678. The van der Waals surface area contributed by atoms with Crippen LogP contribution < -0.4 is 15.8 Å². The summed E-state index contributed by atoms with van der Waals surface area (Å²) in [4.78, 5) is 32.8. The molecule has 0 spiro atoms. The van der Waals surface area contributed by atoms with E-state index in [1.807, 2.05) is 42.5 Å². The van der Waals surface area contributed by atoms with Crippen molar-refractivity contribution in [2.24, 2.45) is 0 Å². The summed E-state index contributed by atoms with van der Waals surface area (Å²) >= 11 is 0. The van der Waals surface area contributed by atoms with Crippen molar-refractivity contribution in [3.8, 4) is 0 Å². The number of aromatic amines is 1. The molecule has 0 aliphatic heterocycles. The van der Waals surface area contributed by atoms with Crippen LogP contribution in [0.2, 0.25) is 0 Å². The van der Waals surface area contributed by atoms with Gasteiger partial charge in [0, 0.05) is 52.4 Å². The summed E-state index contributed by atoms with van der Waals surface area (Å²) in [5.74, 6) is 0. The maximum Gasteiger partial charge on any atom is 0.197 e. The second-order valence-corrected chi connectivity index (χ2v) is 9.38. The smallest absolute Gasteiger partial charge is 0.197 e. The highest BCUT2D eigenvalue weighted by Crippen LogP contribution is 2.27. The second-order valence-electron chi connectivity index (χ2n) is 9.38. The average molecular weight is 468 g/mol. The molecule has 2 heterocycles. The Morgan fingerprint density at radius 3 is 2.11 bits per heavy atom. The summed E-state index contributed by atoms with van der Waals surface area (Å²) in [5, 5.41) is 2.63. The third-order valence-corrected chi connectivity index (χ3v) is 7.12. The number of hydrogen-bond acceptors (Lipinski definition) is 3. The van der Waals surface area contributed by atoms with Crippen LogP contribution in [0.1, 0.15) is 46.5 Å². The number of para-hydroxylation sites is 1. The maximum absolute atomic E-state index is 13.7. The van der Waals surface area contributed by atoms with Crippen molar-refractivity contribution < 1.29 is 0 Å². The zero-order valence-electron chi connectivity index (χ0n) is 20.9. The number of H-pyrrole nitrogens is 1. The number of aryl methyl sites for hydroxylation is 1. The topological polar surface area (TPSA) is 58.1 Å². The number of anilines is 1. The van der Waals surface area contributed by atoms with Gasteiger partial charge in [0.1, 0.15) is 0 Å². The van der Waals surface area contributed by atoms with Gasteiger partial charge in [0.05, 0.1) is 16.6 Å². The Balaban J connectivity index is 1.79. The second kappa shape index (κ2) is 9.57. The molecule has 3 aromatic carbocycles. The number of fused-ring (bicyclic) bond motifs is 4. The van der Waals surface area contributed by atoms with E-state index < -0.39 is 0 Å². The molecule has 0 radical (unpaired) electrons. The van der Waals surface area contributed by atoms with Crippen molar-refractivity contribution >= 4 is 49.3 Å². The Hall–Kier alpha value is -3.60. The molecule has 0 fully saturated rings. The molecule has 5 nitrogen and oxygen atoms in total. The zero-order valence-corrected chi connectivity index (χ0v) is 20.9. The highest BCUT2D eigenvalue weighted by Gasteiger charge is 2.15. The summed E-state index contributed by atoms with van der Waals surface area (Å²) in [6.45, 7) is 9.26. The quantitative estimate of drug-likeness (QED) is 0.262. The Morgan fingerprint density at radius 1 is 0.714 bits per heavy atom. The third-order valence-electron chi connectivity index (χ3n) is 7.12. The van der Waals surface area contributed by atoms with Gasteiger partial charge in [-0.3, -0.25) is 9.59 Å². The SMILES string of the molecule is CCCCN(CCCC)c1ccc2c(=O)c3cc4[nH]c5ccccc5c(=O)c4cc3n(CC)c2c1. The van der Waals surface area contributed by atoms with E-state index in [9.17, 15) is 9.59 Å². The van der Waals surface area contributed by atoms with E-state index in [1.165, 1.54) is 0 Å². The van der Waals surface area contributed by atoms with Crippen molar-refractivity contribution in [2.45, 2.75) is 53.0 Å². The lowest BCUT2D eigenvalue weighted by atomic mass is 10.0. The van der Waals surface area contributed by atoms with E-state index in [2.05, 4.69) is 47.4 Å². The lowest BCUT2D eigenvalue weighted by Gasteiger charge is -2.25. The molecule has 0 saturated heterocycles. The van der Waals surface area contributed by atoms with E-state index in [-0.39, 0.29) is 10.9 Å². The Bertz CT molecular complexity index is 1650. The minimum Gasteiger partial charge on any atom is -0.371 e. The van der Waals surface area contributed by atoms with Crippen LogP contribution in [-0.2, 0) is 6.54 Å². The van der Waals surface area contributed by atoms with Gasteiger partial charge in [-0.25, -0.2) is 0 Å². The summed E-state index contributed by atoms with van der Waals surface area (Å²) in [5.41, 5.74) is 4.37. The van der Waals surface area contributed by atoms with Crippen molar-refractivity contribution in [2.75, 3.05) is 18.0 Å². The number of hydrogen-bond donors (Lipinski definition) is 1. The van der Waals surface area contributed by atoms with Crippen LogP contribution in [0.5, 0.6) is 0 Å². The molecule has 35 heavy (non-hydrogen) atoms. The summed E-state index contributed by atoms with van der Waals surface area (Å²) in [7, 11) is 0. The van der Waals surface area contributed by atoms with Crippen LogP contribution in [0.15, 0.2) is 64.2 Å². The first-order valence-corrected chi connectivity index (χ1v) is 12.9. The highest BCUT2D eigenvalue weighted by molar-refractivity contribution is 6.03. The molecule has 0 aliphatic carbocycles. The number of pyridine rings is 2. The normalized spacial score (nSPS) is 11.7. The van der Waals surface area contributed by atoms with Gasteiger partial charge in [-0.2, -0.15) is 0 Å². The molecule has 5 aromatic rings. The van der Waals surface area contributed by atoms with Gasteiger partial charge in [0.15, 0.2) is 10.9 Å². The first kappa shape index (κ1) is 23.2. The van der Waals surface area contributed by atoms with Gasteiger partial charge < -0.3 is 14.5 Å². The fourth-order valence-electron chi connectivity index (χ4n) is 5.18. The average Bonchev–Trinajstić information content (AvgIpc) is 2.88. The zero-order chi connectivity index (χ0) is 24.5. The van der Waals surface area contributed by atoms with Crippen LogP contribution in [0.3, 0.4) is 0 Å². The largest absolute Gasteiger partial charge is 0.371 e. The number of unbranched alkanes of at least 4 members (excludes halogenated alkanes) is 2. The Kier molecular flexibility index (Phi) is 6.33. The van der Waals surface area contributed by atoms with Gasteiger partial charge in [-0.15, -0.1) is 0 Å². The molecular weight excluding hydrogens is 434 g/mol. The van der Waals surface area contributed by atoms with Crippen molar-refractivity contribution in [3.05, 3.63) is 75.0 Å². The van der Waals surface area contributed by atoms with Crippen LogP contribution in [0.25, 0.3) is 43.6 Å². The van der Waals surface area contributed by atoms with Gasteiger partial charge >= 0.3 is 0 Å². The van der Waals surface area contributed by atoms with Crippen molar-refractivity contribution in [1.82, 2.24) is 9.55 Å². The summed E-state index contributed by atoms with van der Waals surface area (Å²) in [6.07, 6.45) is 4.58. The van der Waals surface area contributed by atoms with Crippen LogP contribution in [0.4, 0.5) is 5.69 Å². The van der Waals surface area contributed by atoms with E-state index in [0.29, 0.717) is 28.2 Å². The van der Waals surface area contributed by atoms with E-state index in [4.69, 9.17) is 0 Å². The van der Waals surface area contributed by atoms with Crippen molar-refractivity contribution in [3.63, 3.8) is 0 Å². The fraction of sp³-hybridized carbons (Fsp3) is 0.333. The maximum atomic E-state index is 13.7. The molecular formula is C30H33N3O2. The molecule has 0 unspecified atom stereocenters. The monoisotopic (exact) mass is 467 g/mol. The molecule has 0 aliphatic rings. The fourth-order valence-corrected chi connectivity index (χ4v) is 5.18. The van der Waals surface area contributed by atoms with Gasteiger partial charge in [0.25, 0.3) is 0 Å². The van der Waals surface area contributed by atoms with Gasteiger partial charge in [-0.05, 0) is 62.2 Å². The predicted octanol–water partition coefficient (Wildman–Crippen LogP) is 6.58.